The van der Waals surface area contributed by atoms with Crippen molar-refractivity contribution in [3.8, 4) is 0 Å². The summed E-state index contributed by atoms with van der Waals surface area (Å²) in [5.41, 5.74) is 0. The molecule has 1 heterocycles. The Morgan fingerprint density at radius 1 is 1.38 bits per heavy atom. The fourth-order valence-corrected chi connectivity index (χ4v) is 2.51. The summed E-state index contributed by atoms with van der Waals surface area (Å²) in [6.45, 7) is 6.68. The van der Waals surface area contributed by atoms with Gasteiger partial charge in [0.2, 0.25) is 0 Å². The molecule has 76 valence electrons. The van der Waals surface area contributed by atoms with Gasteiger partial charge in [-0.25, -0.2) is 0 Å². The van der Waals surface area contributed by atoms with Gasteiger partial charge in [0.05, 0.1) is 6.10 Å². The van der Waals surface area contributed by atoms with Crippen LogP contribution in [0.4, 0.5) is 0 Å². The Morgan fingerprint density at radius 2 is 2.08 bits per heavy atom. The van der Waals surface area contributed by atoms with Crippen molar-refractivity contribution in [3.05, 3.63) is 0 Å². The Morgan fingerprint density at radius 3 is 2.54 bits per heavy atom. The van der Waals surface area contributed by atoms with Crippen LogP contribution in [0.25, 0.3) is 0 Å². The molecule has 0 bridgehead atoms. The zero-order valence-corrected chi connectivity index (χ0v) is 8.74. The van der Waals surface area contributed by atoms with Crippen molar-refractivity contribution in [2.45, 2.75) is 45.3 Å². The van der Waals surface area contributed by atoms with Crippen LogP contribution in [0.2, 0.25) is 0 Å². The van der Waals surface area contributed by atoms with Crippen LogP contribution in [0.1, 0.15) is 33.1 Å². The van der Waals surface area contributed by atoms with E-state index in [1.807, 2.05) is 0 Å². The lowest BCUT2D eigenvalue weighted by Gasteiger charge is -2.23. The maximum Gasteiger partial charge on any atom is 0.0695 e. The van der Waals surface area contributed by atoms with Gasteiger partial charge >= 0.3 is 0 Å². The molecular weight excluding hydrogens is 162 g/mol. The summed E-state index contributed by atoms with van der Waals surface area (Å²) in [6.07, 6.45) is 3.75. The third-order valence-electron chi connectivity index (χ3n) is 3.50. The van der Waals surface area contributed by atoms with E-state index in [0.717, 1.165) is 12.5 Å². The molecule has 0 spiro atoms. The molecule has 2 heteroatoms. The van der Waals surface area contributed by atoms with Gasteiger partial charge in [-0.2, -0.15) is 0 Å². The van der Waals surface area contributed by atoms with Crippen molar-refractivity contribution in [2.24, 2.45) is 11.8 Å². The van der Waals surface area contributed by atoms with Gasteiger partial charge < -0.3 is 5.11 Å². The number of rotatable bonds is 3. The van der Waals surface area contributed by atoms with Crippen molar-refractivity contribution in [1.82, 2.24) is 4.90 Å². The lowest BCUT2D eigenvalue weighted by molar-refractivity contribution is 0.0913. The Balaban J connectivity index is 1.79. The summed E-state index contributed by atoms with van der Waals surface area (Å²) in [7, 11) is 0. The first-order valence-corrected chi connectivity index (χ1v) is 5.59. The zero-order valence-electron chi connectivity index (χ0n) is 8.74. The van der Waals surface area contributed by atoms with E-state index in [4.69, 9.17) is 0 Å². The molecule has 1 N–H and O–H groups in total. The van der Waals surface area contributed by atoms with E-state index in [1.54, 1.807) is 0 Å². The van der Waals surface area contributed by atoms with Crippen LogP contribution in [0.15, 0.2) is 0 Å². The van der Waals surface area contributed by atoms with Gasteiger partial charge in [-0.05, 0) is 38.0 Å². The van der Waals surface area contributed by atoms with E-state index in [0.29, 0.717) is 12.0 Å². The highest BCUT2D eigenvalue weighted by atomic mass is 16.3. The molecular formula is C11H21NO. The molecule has 2 nitrogen and oxygen atoms in total. The lowest BCUT2D eigenvalue weighted by Crippen LogP contribution is -2.35. The number of likely N-dealkylation sites (tertiary alicyclic amines) is 1. The molecule has 2 fully saturated rings. The summed E-state index contributed by atoms with van der Waals surface area (Å²) in [5.74, 6) is 1.45. The second kappa shape index (κ2) is 3.58. The maximum absolute atomic E-state index is 9.81. The first kappa shape index (κ1) is 9.47. The highest BCUT2D eigenvalue weighted by Crippen LogP contribution is 2.34. The molecule has 0 aromatic heterocycles. The number of nitrogens with zero attached hydrogens (tertiary/aromatic N) is 1. The Labute approximate surface area is 80.9 Å². The van der Waals surface area contributed by atoms with E-state index in [1.165, 1.54) is 25.8 Å². The van der Waals surface area contributed by atoms with Gasteiger partial charge in [-0.3, -0.25) is 4.90 Å². The number of hydrogen-bond donors (Lipinski definition) is 1. The van der Waals surface area contributed by atoms with Gasteiger partial charge in [-0.1, -0.05) is 6.92 Å². The average molecular weight is 183 g/mol. The molecule has 0 amide bonds. The molecule has 2 rings (SSSR count). The van der Waals surface area contributed by atoms with Crippen LogP contribution < -0.4 is 0 Å². The quantitative estimate of drug-likeness (QED) is 0.716. The molecule has 0 aromatic rings. The zero-order chi connectivity index (χ0) is 9.42. The van der Waals surface area contributed by atoms with Crippen molar-refractivity contribution in [2.75, 3.05) is 13.1 Å². The van der Waals surface area contributed by atoms with Crippen LogP contribution in [0.3, 0.4) is 0 Å². The molecule has 0 radical (unpaired) electrons. The van der Waals surface area contributed by atoms with Crippen molar-refractivity contribution >= 4 is 0 Å². The monoisotopic (exact) mass is 183 g/mol. The topological polar surface area (TPSA) is 23.5 Å². The van der Waals surface area contributed by atoms with Crippen LogP contribution in [0.5, 0.6) is 0 Å². The normalized spacial score (nSPS) is 38.1. The Kier molecular flexibility index (Phi) is 2.61. The standard InChI is InChI=1S/C11H21NO/c1-8-5-9(2)12(6-8)7-11(13)10-3-4-10/h8-11,13H,3-7H2,1-2H3. The SMILES string of the molecule is CC1CC(C)N(CC(O)C2CC2)C1. The molecule has 1 saturated carbocycles. The summed E-state index contributed by atoms with van der Waals surface area (Å²) in [4.78, 5) is 2.45. The van der Waals surface area contributed by atoms with Gasteiger partial charge in [0.15, 0.2) is 0 Å². The smallest absolute Gasteiger partial charge is 0.0695 e. The molecule has 1 saturated heterocycles. The first-order chi connectivity index (χ1) is 6.16. The van der Waals surface area contributed by atoms with Gasteiger partial charge in [0, 0.05) is 19.1 Å². The van der Waals surface area contributed by atoms with E-state index >= 15 is 0 Å². The molecule has 1 aliphatic heterocycles. The maximum atomic E-state index is 9.81. The molecule has 3 unspecified atom stereocenters. The molecule has 1 aliphatic carbocycles. The third kappa shape index (κ3) is 2.23. The summed E-state index contributed by atoms with van der Waals surface area (Å²) in [6, 6.07) is 0.684. The summed E-state index contributed by atoms with van der Waals surface area (Å²) in [5, 5.41) is 9.81. The number of aliphatic hydroxyl groups excluding tert-OH is 1. The summed E-state index contributed by atoms with van der Waals surface area (Å²) >= 11 is 0. The summed E-state index contributed by atoms with van der Waals surface area (Å²) < 4.78 is 0. The predicted molar refractivity (Wildman–Crippen MR) is 53.5 cm³/mol. The minimum Gasteiger partial charge on any atom is -0.392 e. The molecule has 2 aliphatic rings. The van der Waals surface area contributed by atoms with Crippen molar-refractivity contribution < 1.29 is 5.11 Å². The van der Waals surface area contributed by atoms with Crippen LogP contribution >= 0.6 is 0 Å². The predicted octanol–water partition coefficient (Wildman–Crippen LogP) is 1.49. The van der Waals surface area contributed by atoms with Crippen LogP contribution in [-0.2, 0) is 0 Å². The Hall–Kier alpha value is -0.0800. The highest BCUT2D eigenvalue weighted by molar-refractivity contribution is 4.87. The van der Waals surface area contributed by atoms with E-state index in [2.05, 4.69) is 18.7 Å². The molecule has 13 heavy (non-hydrogen) atoms. The van der Waals surface area contributed by atoms with E-state index in [-0.39, 0.29) is 6.10 Å². The fourth-order valence-electron chi connectivity index (χ4n) is 2.51. The minimum atomic E-state index is -0.0484. The average Bonchev–Trinajstić information content (AvgIpc) is 2.81. The van der Waals surface area contributed by atoms with Crippen molar-refractivity contribution in [3.63, 3.8) is 0 Å². The second-order valence-corrected chi connectivity index (χ2v) is 5.05. The first-order valence-electron chi connectivity index (χ1n) is 5.59. The number of aliphatic hydroxyl groups is 1. The second-order valence-electron chi connectivity index (χ2n) is 5.05. The van der Waals surface area contributed by atoms with E-state index in [9.17, 15) is 5.11 Å². The van der Waals surface area contributed by atoms with Gasteiger partial charge in [0.25, 0.3) is 0 Å². The number of β-amino-alcohol motifs (C(OH)–C–C–N with tert-alkyl or cyclic N) is 1. The lowest BCUT2D eigenvalue weighted by atomic mass is 10.1. The molecule has 3 atom stereocenters. The molecule has 0 aromatic carbocycles. The van der Waals surface area contributed by atoms with Crippen molar-refractivity contribution in [1.29, 1.82) is 0 Å². The number of hydrogen-bond acceptors (Lipinski definition) is 2. The highest BCUT2D eigenvalue weighted by Gasteiger charge is 2.34. The van der Waals surface area contributed by atoms with Gasteiger partial charge in [-0.15, -0.1) is 0 Å². The third-order valence-corrected chi connectivity index (χ3v) is 3.50. The largest absolute Gasteiger partial charge is 0.392 e. The minimum absolute atomic E-state index is 0.0484. The van der Waals surface area contributed by atoms with Gasteiger partial charge in [0.1, 0.15) is 0 Å². The van der Waals surface area contributed by atoms with Crippen LogP contribution in [-0.4, -0.2) is 35.2 Å². The van der Waals surface area contributed by atoms with Crippen LogP contribution in [0, 0.1) is 11.8 Å². The Bertz CT molecular complexity index is 179. The van der Waals surface area contributed by atoms with E-state index < -0.39 is 0 Å². The fraction of sp³-hybridized carbons (Fsp3) is 1.00.